The number of hydrogen-bond acceptors (Lipinski definition) is 4. The number of nitrogens with one attached hydrogen (secondary N) is 2. The molecule has 0 spiro atoms. The maximum Gasteiger partial charge on any atom is 0.254 e. The molecule has 0 aliphatic carbocycles. The Balaban J connectivity index is 1.79. The molecule has 2 atom stereocenters. The lowest BCUT2D eigenvalue weighted by atomic mass is 9.93. The SMILES string of the molecule is CN/C=C\C(N)c1ccc(Cc2cc(C(=O)NC3CCCOC3)c(F)c(C)c2C)cc1. The van der Waals surface area contributed by atoms with Crippen molar-refractivity contribution in [2.75, 3.05) is 20.3 Å². The molecule has 31 heavy (non-hydrogen) atoms. The number of benzene rings is 2. The van der Waals surface area contributed by atoms with Gasteiger partial charge in [0, 0.05) is 19.7 Å². The van der Waals surface area contributed by atoms with Gasteiger partial charge in [0.1, 0.15) is 5.82 Å². The zero-order valence-corrected chi connectivity index (χ0v) is 18.5. The van der Waals surface area contributed by atoms with E-state index in [-0.39, 0.29) is 23.6 Å². The van der Waals surface area contributed by atoms with Crippen LogP contribution in [0.4, 0.5) is 4.39 Å². The maximum absolute atomic E-state index is 14.9. The summed E-state index contributed by atoms with van der Waals surface area (Å²) in [5.41, 5.74) is 10.7. The summed E-state index contributed by atoms with van der Waals surface area (Å²) in [6.07, 6.45) is 6.07. The van der Waals surface area contributed by atoms with Crippen LogP contribution in [0.2, 0.25) is 0 Å². The molecule has 4 N–H and O–H groups in total. The fraction of sp³-hybridized carbons (Fsp3) is 0.400. The molecular weight excluding hydrogens is 393 g/mol. The Labute approximate surface area is 183 Å². The van der Waals surface area contributed by atoms with Gasteiger partial charge in [-0.1, -0.05) is 24.3 Å². The minimum atomic E-state index is -0.451. The van der Waals surface area contributed by atoms with Gasteiger partial charge in [0.2, 0.25) is 0 Å². The average molecular weight is 426 g/mol. The molecule has 1 saturated heterocycles. The van der Waals surface area contributed by atoms with Crippen molar-refractivity contribution in [3.63, 3.8) is 0 Å². The second-order valence-corrected chi connectivity index (χ2v) is 8.13. The Hall–Kier alpha value is -2.70. The zero-order valence-electron chi connectivity index (χ0n) is 18.5. The van der Waals surface area contributed by atoms with E-state index in [2.05, 4.69) is 10.6 Å². The highest BCUT2D eigenvalue weighted by molar-refractivity contribution is 5.95. The van der Waals surface area contributed by atoms with Crippen LogP contribution < -0.4 is 16.4 Å². The molecule has 2 aromatic carbocycles. The predicted octanol–water partition coefficient (Wildman–Crippen LogP) is 3.68. The number of halogens is 1. The Morgan fingerprint density at radius 2 is 2.03 bits per heavy atom. The van der Waals surface area contributed by atoms with E-state index in [0.29, 0.717) is 25.2 Å². The van der Waals surface area contributed by atoms with E-state index >= 15 is 0 Å². The van der Waals surface area contributed by atoms with Crippen LogP contribution in [0.15, 0.2) is 42.6 Å². The van der Waals surface area contributed by atoms with Crippen LogP contribution in [0.1, 0.15) is 57.1 Å². The van der Waals surface area contributed by atoms with Gasteiger partial charge < -0.3 is 21.1 Å². The molecule has 0 bridgehead atoms. The highest BCUT2D eigenvalue weighted by Crippen LogP contribution is 2.24. The van der Waals surface area contributed by atoms with E-state index in [1.54, 1.807) is 13.0 Å². The van der Waals surface area contributed by atoms with Crippen LogP contribution in [-0.2, 0) is 11.2 Å². The van der Waals surface area contributed by atoms with E-state index in [4.69, 9.17) is 10.5 Å². The minimum Gasteiger partial charge on any atom is -0.394 e. The van der Waals surface area contributed by atoms with Gasteiger partial charge in [0.25, 0.3) is 5.91 Å². The number of rotatable bonds is 7. The van der Waals surface area contributed by atoms with Gasteiger partial charge in [-0.3, -0.25) is 4.79 Å². The number of carbonyl (C=O) groups is 1. The Morgan fingerprint density at radius 1 is 1.29 bits per heavy atom. The molecule has 1 aliphatic heterocycles. The summed E-state index contributed by atoms with van der Waals surface area (Å²) in [5, 5.41) is 5.86. The first kappa shape index (κ1) is 23.0. The molecule has 2 unspecified atom stereocenters. The van der Waals surface area contributed by atoms with Crippen LogP contribution in [0.3, 0.4) is 0 Å². The Morgan fingerprint density at radius 3 is 2.68 bits per heavy atom. The summed E-state index contributed by atoms with van der Waals surface area (Å²) >= 11 is 0. The molecule has 0 saturated carbocycles. The summed E-state index contributed by atoms with van der Waals surface area (Å²) in [6.45, 7) is 4.81. The quantitative estimate of drug-likeness (QED) is 0.633. The van der Waals surface area contributed by atoms with Crippen LogP contribution >= 0.6 is 0 Å². The van der Waals surface area contributed by atoms with Gasteiger partial charge in [0.05, 0.1) is 18.2 Å². The van der Waals surface area contributed by atoms with E-state index < -0.39 is 5.82 Å². The van der Waals surface area contributed by atoms with E-state index in [1.165, 1.54) is 0 Å². The van der Waals surface area contributed by atoms with Gasteiger partial charge in [0.15, 0.2) is 0 Å². The molecule has 5 nitrogen and oxygen atoms in total. The summed E-state index contributed by atoms with van der Waals surface area (Å²) in [4.78, 5) is 12.8. The number of hydrogen-bond donors (Lipinski definition) is 3. The average Bonchev–Trinajstić information content (AvgIpc) is 2.78. The molecule has 3 rings (SSSR count). The molecule has 1 amide bonds. The lowest BCUT2D eigenvalue weighted by Gasteiger charge is -2.23. The molecular formula is C25H32FN3O2. The number of ether oxygens (including phenoxy) is 1. The normalized spacial score (nSPS) is 17.5. The number of carbonyl (C=O) groups excluding carboxylic acids is 1. The summed E-state index contributed by atoms with van der Waals surface area (Å²) < 4.78 is 20.3. The third-order valence-corrected chi connectivity index (χ3v) is 5.90. The highest BCUT2D eigenvalue weighted by Gasteiger charge is 2.22. The van der Waals surface area contributed by atoms with Gasteiger partial charge >= 0.3 is 0 Å². The fourth-order valence-corrected chi connectivity index (χ4v) is 3.81. The zero-order chi connectivity index (χ0) is 22.4. The van der Waals surface area contributed by atoms with Crippen molar-refractivity contribution in [2.45, 2.75) is 45.2 Å². The standard InChI is InChI=1S/C25H32FN3O2/c1-16-17(2)24(26)22(25(30)29-21-5-4-12-31-15-21)14-20(16)13-18-6-8-19(9-7-18)23(27)10-11-28-3/h6-11,14,21,23,28H,4-5,12-13,15,27H2,1-3H3,(H,29,30)/b11-10-. The Kier molecular flexibility index (Phi) is 7.82. The van der Waals surface area contributed by atoms with Crippen LogP contribution in [0, 0.1) is 19.7 Å². The van der Waals surface area contributed by atoms with Crippen molar-refractivity contribution in [1.29, 1.82) is 0 Å². The van der Waals surface area contributed by atoms with Crippen LogP contribution in [-0.4, -0.2) is 32.2 Å². The third-order valence-electron chi connectivity index (χ3n) is 5.90. The summed E-state index contributed by atoms with van der Waals surface area (Å²) in [5.74, 6) is -0.830. The molecule has 166 valence electrons. The summed E-state index contributed by atoms with van der Waals surface area (Å²) in [6, 6.07) is 9.49. The minimum absolute atomic E-state index is 0.0700. The largest absolute Gasteiger partial charge is 0.394 e. The second kappa shape index (κ2) is 10.6. The van der Waals surface area contributed by atoms with Gasteiger partial charge in [-0.15, -0.1) is 0 Å². The number of amides is 1. The lowest BCUT2D eigenvalue weighted by molar-refractivity contribution is 0.0622. The van der Waals surface area contributed by atoms with Crippen molar-refractivity contribution >= 4 is 5.91 Å². The molecule has 1 heterocycles. The second-order valence-electron chi connectivity index (χ2n) is 8.13. The molecule has 0 radical (unpaired) electrons. The monoisotopic (exact) mass is 425 g/mol. The van der Waals surface area contributed by atoms with Crippen LogP contribution in [0.25, 0.3) is 0 Å². The summed E-state index contributed by atoms with van der Waals surface area (Å²) in [7, 11) is 1.83. The van der Waals surface area contributed by atoms with E-state index in [0.717, 1.165) is 35.1 Å². The molecule has 2 aromatic rings. The molecule has 6 heteroatoms. The van der Waals surface area contributed by atoms with E-state index in [1.807, 2.05) is 50.5 Å². The highest BCUT2D eigenvalue weighted by atomic mass is 19.1. The number of nitrogens with two attached hydrogens (primary N) is 1. The first-order valence-corrected chi connectivity index (χ1v) is 10.8. The first-order valence-electron chi connectivity index (χ1n) is 10.8. The maximum atomic E-state index is 14.9. The predicted molar refractivity (Wildman–Crippen MR) is 122 cm³/mol. The van der Waals surface area contributed by atoms with Gasteiger partial charge in [-0.2, -0.15) is 0 Å². The van der Waals surface area contributed by atoms with Crippen molar-refractivity contribution in [3.05, 3.63) is 81.8 Å². The molecule has 0 aromatic heterocycles. The van der Waals surface area contributed by atoms with Crippen molar-refractivity contribution in [3.8, 4) is 0 Å². The van der Waals surface area contributed by atoms with Crippen LogP contribution in [0.5, 0.6) is 0 Å². The fourth-order valence-electron chi connectivity index (χ4n) is 3.81. The Bertz CT molecular complexity index is 935. The molecule has 1 aliphatic rings. The van der Waals surface area contributed by atoms with Crippen molar-refractivity contribution in [1.82, 2.24) is 10.6 Å². The first-order chi connectivity index (χ1) is 14.9. The van der Waals surface area contributed by atoms with Gasteiger partial charge in [-0.05, 0) is 79.3 Å². The lowest BCUT2D eigenvalue weighted by Crippen LogP contribution is -2.41. The van der Waals surface area contributed by atoms with Crippen molar-refractivity contribution in [2.24, 2.45) is 5.73 Å². The van der Waals surface area contributed by atoms with E-state index in [9.17, 15) is 9.18 Å². The third kappa shape index (κ3) is 5.71. The smallest absolute Gasteiger partial charge is 0.254 e. The van der Waals surface area contributed by atoms with Crippen molar-refractivity contribution < 1.29 is 13.9 Å². The molecule has 1 fully saturated rings. The topological polar surface area (TPSA) is 76.4 Å². The van der Waals surface area contributed by atoms with Gasteiger partial charge in [-0.25, -0.2) is 4.39 Å².